The maximum Gasteiger partial charge on any atom is 0.294 e. The van der Waals surface area contributed by atoms with Crippen molar-refractivity contribution < 1.29 is 14.5 Å². The number of anilines is 2. The summed E-state index contributed by atoms with van der Waals surface area (Å²) in [5, 5.41) is 13.8. The van der Waals surface area contributed by atoms with Crippen molar-refractivity contribution in [1.29, 1.82) is 0 Å². The first kappa shape index (κ1) is 14.5. The van der Waals surface area contributed by atoms with Gasteiger partial charge >= 0.3 is 0 Å². The van der Waals surface area contributed by atoms with Crippen molar-refractivity contribution in [2.24, 2.45) is 0 Å². The third-order valence-corrected chi connectivity index (χ3v) is 3.23. The van der Waals surface area contributed by atoms with E-state index in [9.17, 15) is 14.9 Å². The van der Waals surface area contributed by atoms with E-state index in [0.29, 0.717) is 32.0 Å². The molecular formula is C12H14ClN3O4. The molecule has 0 bridgehead atoms. The Balaban J connectivity index is 2.42. The topological polar surface area (TPSA) is 84.7 Å². The fourth-order valence-electron chi connectivity index (χ4n) is 2.04. The van der Waals surface area contributed by atoms with E-state index in [0.717, 1.165) is 0 Å². The lowest BCUT2D eigenvalue weighted by atomic mass is 10.2. The highest BCUT2D eigenvalue weighted by molar-refractivity contribution is 6.33. The molecule has 0 saturated carbocycles. The van der Waals surface area contributed by atoms with E-state index in [4.69, 9.17) is 16.3 Å². The van der Waals surface area contributed by atoms with Gasteiger partial charge in [-0.1, -0.05) is 11.6 Å². The SMILES string of the molecule is CC(=O)Nc1cc(N2CCOCC2)c(Cl)cc1[N+](=O)[O-]. The molecule has 1 heterocycles. The lowest BCUT2D eigenvalue weighted by molar-refractivity contribution is -0.383. The van der Waals surface area contributed by atoms with Gasteiger partial charge in [-0.25, -0.2) is 0 Å². The third kappa shape index (κ3) is 3.17. The molecule has 1 fully saturated rings. The van der Waals surface area contributed by atoms with Crippen LogP contribution in [0, 0.1) is 10.1 Å². The molecule has 7 nitrogen and oxygen atoms in total. The third-order valence-electron chi connectivity index (χ3n) is 2.92. The van der Waals surface area contributed by atoms with Gasteiger partial charge in [0.1, 0.15) is 5.69 Å². The number of rotatable bonds is 3. The van der Waals surface area contributed by atoms with Crippen LogP contribution >= 0.6 is 11.6 Å². The van der Waals surface area contributed by atoms with Gasteiger partial charge in [0, 0.05) is 26.1 Å². The molecule has 1 aliphatic rings. The molecular weight excluding hydrogens is 286 g/mol. The highest BCUT2D eigenvalue weighted by Gasteiger charge is 2.22. The molecule has 1 amide bonds. The zero-order valence-electron chi connectivity index (χ0n) is 10.9. The second kappa shape index (κ2) is 6.06. The second-order valence-corrected chi connectivity index (χ2v) is 4.77. The number of halogens is 1. The van der Waals surface area contributed by atoms with E-state index < -0.39 is 4.92 Å². The summed E-state index contributed by atoms with van der Waals surface area (Å²) < 4.78 is 5.26. The summed E-state index contributed by atoms with van der Waals surface area (Å²) in [6, 6.07) is 2.80. The highest BCUT2D eigenvalue weighted by Crippen LogP contribution is 2.36. The minimum absolute atomic E-state index is 0.147. The van der Waals surface area contributed by atoms with E-state index in [1.807, 2.05) is 4.90 Å². The molecule has 0 spiro atoms. The first-order chi connectivity index (χ1) is 9.49. The average molecular weight is 300 g/mol. The van der Waals surface area contributed by atoms with Crippen LogP contribution in [0.2, 0.25) is 5.02 Å². The van der Waals surface area contributed by atoms with Crippen molar-refractivity contribution in [1.82, 2.24) is 0 Å². The molecule has 0 unspecified atom stereocenters. The van der Waals surface area contributed by atoms with Crippen molar-refractivity contribution in [3.8, 4) is 0 Å². The summed E-state index contributed by atoms with van der Waals surface area (Å²) in [5.41, 5.74) is 0.583. The predicted molar refractivity (Wildman–Crippen MR) is 75.4 cm³/mol. The largest absolute Gasteiger partial charge is 0.378 e. The number of carbonyl (C=O) groups is 1. The van der Waals surface area contributed by atoms with Crippen LogP contribution in [0.4, 0.5) is 17.1 Å². The number of hydrogen-bond donors (Lipinski definition) is 1. The minimum Gasteiger partial charge on any atom is -0.378 e. The normalized spacial score (nSPS) is 15.0. The Bertz CT molecular complexity index is 544. The number of nitro groups is 1. The number of amides is 1. The summed E-state index contributed by atoms with van der Waals surface area (Å²) in [6.45, 7) is 3.74. The molecule has 1 N–H and O–H groups in total. The Labute approximate surface area is 120 Å². The number of nitrogens with zero attached hydrogens (tertiary/aromatic N) is 2. The summed E-state index contributed by atoms with van der Waals surface area (Å²) in [5.74, 6) is -0.372. The first-order valence-corrected chi connectivity index (χ1v) is 6.45. The fraction of sp³-hybridized carbons (Fsp3) is 0.417. The van der Waals surface area contributed by atoms with Crippen molar-refractivity contribution in [3.05, 3.63) is 27.3 Å². The van der Waals surface area contributed by atoms with Crippen LogP contribution < -0.4 is 10.2 Å². The first-order valence-electron chi connectivity index (χ1n) is 6.07. The number of morpholine rings is 1. The molecule has 1 aliphatic heterocycles. The Morgan fingerprint density at radius 1 is 1.45 bits per heavy atom. The van der Waals surface area contributed by atoms with Gasteiger partial charge in [0.15, 0.2) is 0 Å². The molecule has 108 valence electrons. The van der Waals surface area contributed by atoms with Crippen molar-refractivity contribution >= 4 is 34.6 Å². The van der Waals surface area contributed by atoms with Gasteiger partial charge in [-0.15, -0.1) is 0 Å². The summed E-state index contributed by atoms with van der Waals surface area (Å²) in [6.07, 6.45) is 0. The van der Waals surface area contributed by atoms with Crippen molar-refractivity contribution in [2.45, 2.75) is 6.92 Å². The van der Waals surface area contributed by atoms with Gasteiger partial charge in [-0.05, 0) is 6.07 Å². The number of nitrogens with one attached hydrogen (secondary N) is 1. The standard InChI is InChI=1S/C12H14ClN3O4/c1-8(17)14-10-7-11(15-2-4-20-5-3-15)9(13)6-12(10)16(18)19/h6-7H,2-5H2,1H3,(H,14,17). The van der Waals surface area contributed by atoms with Gasteiger partial charge in [0.2, 0.25) is 5.91 Å². The summed E-state index contributed by atoms with van der Waals surface area (Å²) in [4.78, 5) is 23.6. The second-order valence-electron chi connectivity index (χ2n) is 4.36. The Kier molecular flexibility index (Phi) is 4.41. The smallest absolute Gasteiger partial charge is 0.294 e. The van der Waals surface area contributed by atoms with Crippen LogP contribution in [0.25, 0.3) is 0 Å². The molecule has 0 atom stereocenters. The molecule has 0 aromatic heterocycles. The number of ether oxygens (including phenoxy) is 1. The average Bonchev–Trinajstić information content (AvgIpc) is 2.40. The molecule has 1 aromatic carbocycles. The number of hydrogen-bond acceptors (Lipinski definition) is 5. The number of benzene rings is 1. The summed E-state index contributed by atoms with van der Waals surface area (Å²) >= 11 is 6.12. The van der Waals surface area contributed by atoms with Gasteiger partial charge in [-0.3, -0.25) is 14.9 Å². The van der Waals surface area contributed by atoms with Crippen LogP contribution in [0.5, 0.6) is 0 Å². The molecule has 20 heavy (non-hydrogen) atoms. The van der Waals surface area contributed by atoms with Crippen LogP contribution in [0.1, 0.15) is 6.92 Å². The number of carbonyl (C=O) groups excluding carboxylic acids is 1. The minimum atomic E-state index is -0.569. The lowest BCUT2D eigenvalue weighted by Gasteiger charge is -2.29. The summed E-state index contributed by atoms with van der Waals surface area (Å²) in [7, 11) is 0. The van der Waals surface area contributed by atoms with E-state index >= 15 is 0 Å². The lowest BCUT2D eigenvalue weighted by Crippen LogP contribution is -2.36. The molecule has 1 aromatic rings. The van der Waals surface area contributed by atoms with Crippen LogP contribution in [-0.2, 0) is 9.53 Å². The van der Waals surface area contributed by atoms with Gasteiger partial charge in [0.25, 0.3) is 5.69 Å². The predicted octanol–water partition coefficient (Wildman–Crippen LogP) is 2.04. The van der Waals surface area contributed by atoms with Crippen LogP contribution in [0.3, 0.4) is 0 Å². The zero-order valence-corrected chi connectivity index (χ0v) is 11.6. The Hall–Kier alpha value is -1.86. The Morgan fingerprint density at radius 3 is 2.65 bits per heavy atom. The van der Waals surface area contributed by atoms with E-state index in [2.05, 4.69) is 5.32 Å². The van der Waals surface area contributed by atoms with Crippen molar-refractivity contribution in [2.75, 3.05) is 36.5 Å². The fourth-order valence-corrected chi connectivity index (χ4v) is 2.32. The van der Waals surface area contributed by atoms with Crippen molar-refractivity contribution in [3.63, 3.8) is 0 Å². The van der Waals surface area contributed by atoms with Crippen LogP contribution in [0.15, 0.2) is 12.1 Å². The van der Waals surface area contributed by atoms with E-state index in [1.54, 1.807) is 0 Å². The van der Waals surface area contributed by atoms with E-state index in [-0.39, 0.29) is 22.3 Å². The van der Waals surface area contributed by atoms with Gasteiger partial charge in [-0.2, -0.15) is 0 Å². The monoisotopic (exact) mass is 299 g/mol. The maximum absolute atomic E-state index is 11.2. The molecule has 0 aliphatic carbocycles. The maximum atomic E-state index is 11.2. The molecule has 0 radical (unpaired) electrons. The quantitative estimate of drug-likeness (QED) is 0.682. The zero-order chi connectivity index (χ0) is 14.7. The van der Waals surface area contributed by atoms with Gasteiger partial charge in [0.05, 0.1) is 28.8 Å². The molecule has 1 saturated heterocycles. The van der Waals surface area contributed by atoms with Gasteiger partial charge < -0.3 is 15.0 Å². The Morgan fingerprint density at radius 2 is 2.10 bits per heavy atom. The number of nitro benzene ring substituents is 1. The van der Waals surface area contributed by atoms with Crippen LogP contribution in [-0.4, -0.2) is 37.1 Å². The highest BCUT2D eigenvalue weighted by atomic mass is 35.5. The molecule has 8 heteroatoms. The molecule has 2 rings (SSSR count). The van der Waals surface area contributed by atoms with E-state index in [1.165, 1.54) is 19.1 Å².